The molecule has 4 heterocycles. The van der Waals surface area contributed by atoms with Gasteiger partial charge in [0.1, 0.15) is 5.65 Å². The minimum absolute atomic E-state index is 0.106. The van der Waals surface area contributed by atoms with E-state index in [4.69, 9.17) is 4.98 Å². The quantitative estimate of drug-likeness (QED) is 0.487. The van der Waals surface area contributed by atoms with Crippen molar-refractivity contribution in [1.82, 2.24) is 24.5 Å². The maximum atomic E-state index is 4.89. The maximum Gasteiger partial charge on any atom is 0.140 e. The van der Waals surface area contributed by atoms with Crippen LogP contribution in [0.15, 0.2) is 73.4 Å². The molecule has 0 aliphatic heterocycles. The molecule has 0 saturated carbocycles. The van der Waals surface area contributed by atoms with E-state index in [2.05, 4.69) is 51.5 Å². The summed E-state index contributed by atoms with van der Waals surface area (Å²) in [5, 5.41) is 4.68. The highest BCUT2D eigenvalue weighted by molar-refractivity contribution is 5.94. The number of fused-ring (bicyclic) bond motifs is 2. The minimum atomic E-state index is 0.106. The molecule has 0 bridgehead atoms. The Hall–Kier alpha value is -3.80. The zero-order chi connectivity index (χ0) is 19.8. The Kier molecular flexibility index (Phi) is 4.17. The average molecular weight is 380 g/mol. The summed E-state index contributed by atoms with van der Waals surface area (Å²) in [6.07, 6.45) is 9.12. The number of hydrogen-bond acceptors (Lipinski definition) is 5. The number of benzene rings is 1. The van der Waals surface area contributed by atoms with Gasteiger partial charge in [0, 0.05) is 54.7 Å². The van der Waals surface area contributed by atoms with Crippen molar-refractivity contribution in [3.05, 3.63) is 79.0 Å². The van der Waals surface area contributed by atoms with Gasteiger partial charge in [-0.2, -0.15) is 0 Å². The average Bonchev–Trinajstić information content (AvgIpc) is 3.14. The lowest BCUT2D eigenvalue weighted by Crippen LogP contribution is -2.07. The van der Waals surface area contributed by atoms with Gasteiger partial charge in [0.15, 0.2) is 0 Å². The van der Waals surface area contributed by atoms with Gasteiger partial charge in [-0.25, -0.2) is 4.98 Å². The van der Waals surface area contributed by atoms with Gasteiger partial charge in [0.05, 0.1) is 22.8 Å². The molecule has 0 amide bonds. The molecule has 4 aromatic heterocycles. The molecule has 6 heteroatoms. The van der Waals surface area contributed by atoms with Crippen molar-refractivity contribution in [2.45, 2.75) is 13.0 Å². The van der Waals surface area contributed by atoms with Crippen LogP contribution in [0.4, 0.5) is 5.69 Å². The largest absolute Gasteiger partial charge is 0.378 e. The highest BCUT2D eigenvalue weighted by Crippen LogP contribution is 2.31. The smallest absolute Gasteiger partial charge is 0.140 e. The molecule has 6 nitrogen and oxygen atoms in total. The summed E-state index contributed by atoms with van der Waals surface area (Å²) in [7, 11) is 2.00. The fourth-order valence-corrected chi connectivity index (χ4v) is 3.60. The van der Waals surface area contributed by atoms with Crippen molar-refractivity contribution in [2.75, 3.05) is 5.32 Å². The Morgan fingerprint density at radius 3 is 2.76 bits per heavy atom. The zero-order valence-corrected chi connectivity index (χ0v) is 16.2. The minimum Gasteiger partial charge on any atom is -0.378 e. The van der Waals surface area contributed by atoms with Gasteiger partial charge < -0.3 is 9.88 Å². The van der Waals surface area contributed by atoms with Crippen molar-refractivity contribution in [3.63, 3.8) is 0 Å². The van der Waals surface area contributed by atoms with Crippen LogP contribution in [-0.4, -0.2) is 24.5 Å². The molecule has 0 fully saturated rings. The van der Waals surface area contributed by atoms with E-state index in [1.807, 2.05) is 42.2 Å². The molecule has 0 aliphatic rings. The highest BCUT2D eigenvalue weighted by atomic mass is 15.0. The lowest BCUT2D eigenvalue weighted by Gasteiger charge is -2.17. The fourth-order valence-electron chi connectivity index (χ4n) is 3.60. The van der Waals surface area contributed by atoms with Crippen LogP contribution in [0, 0.1) is 0 Å². The first-order valence-corrected chi connectivity index (χ1v) is 9.53. The van der Waals surface area contributed by atoms with Crippen molar-refractivity contribution < 1.29 is 0 Å². The third-order valence-electron chi connectivity index (χ3n) is 5.13. The molecule has 142 valence electrons. The van der Waals surface area contributed by atoms with Crippen LogP contribution in [0.25, 0.3) is 33.3 Å². The first-order chi connectivity index (χ1) is 14.2. The van der Waals surface area contributed by atoms with E-state index in [0.717, 1.165) is 44.6 Å². The summed E-state index contributed by atoms with van der Waals surface area (Å²) in [6.45, 7) is 2.12. The van der Waals surface area contributed by atoms with Crippen molar-refractivity contribution in [3.8, 4) is 11.3 Å². The predicted octanol–water partition coefficient (Wildman–Crippen LogP) is 4.75. The van der Waals surface area contributed by atoms with Gasteiger partial charge in [0.2, 0.25) is 0 Å². The Labute approximate surface area is 168 Å². The molecule has 0 spiro atoms. The van der Waals surface area contributed by atoms with Gasteiger partial charge in [-0.3, -0.25) is 15.0 Å². The van der Waals surface area contributed by atoms with E-state index >= 15 is 0 Å². The van der Waals surface area contributed by atoms with Gasteiger partial charge in [-0.15, -0.1) is 0 Å². The monoisotopic (exact) mass is 380 g/mol. The van der Waals surface area contributed by atoms with Gasteiger partial charge >= 0.3 is 0 Å². The summed E-state index contributed by atoms with van der Waals surface area (Å²) in [5.74, 6) is 0. The standard InChI is InChI=1S/C23H20N6/c1-15(17-4-3-8-24-14-17)27-18-12-19(22-21(13-18)25-9-10-26-22)20-6-5-16-7-11-29(2)23(16)28-20/h3-15,27H,1-2H3. The van der Waals surface area contributed by atoms with E-state index in [1.54, 1.807) is 18.6 Å². The molecular formula is C23H20N6. The first-order valence-electron chi connectivity index (χ1n) is 9.53. The number of pyridine rings is 2. The second kappa shape index (κ2) is 6.98. The Bertz CT molecular complexity index is 1310. The summed E-state index contributed by atoms with van der Waals surface area (Å²) < 4.78 is 2.03. The number of anilines is 1. The Balaban J connectivity index is 1.63. The molecule has 5 aromatic rings. The van der Waals surface area contributed by atoms with Crippen molar-refractivity contribution in [2.24, 2.45) is 7.05 Å². The van der Waals surface area contributed by atoms with Crippen LogP contribution in [-0.2, 0) is 7.05 Å². The molecule has 1 N–H and O–H groups in total. The molecule has 1 aromatic carbocycles. The van der Waals surface area contributed by atoms with E-state index in [9.17, 15) is 0 Å². The van der Waals surface area contributed by atoms with Crippen LogP contribution < -0.4 is 5.32 Å². The third-order valence-corrected chi connectivity index (χ3v) is 5.13. The molecule has 29 heavy (non-hydrogen) atoms. The molecule has 1 unspecified atom stereocenters. The summed E-state index contributed by atoms with van der Waals surface area (Å²) in [4.78, 5) is 18.2. The Morgan fingerprint density at radius 2 is 1.90 bits per heavy atom. The normalized spacial score (nSPS) is 12.3. The highest BCUT2D eigenvalue weighted by Gasteiger charge is 2.13. The molecule has 0 radical (unpaired) electrons. The topological polar surface area (TPSA) is 68.5 Å². The van der Waals surface area contributed by atoms with E-state index in [1.165, 1.54) is 0 Å². The lowest BCUT2D eigenvalue weighted by atomic mass is 10.1. The van der Waals surface area contributed by atoms with Gasteiger partial charge in [-0.05, 0) is 48.9 Å². The Morgan fingerprint density at radius 1 is 1.00 bits per heavy atom. The van der Waals surface area contributed by atoms with Crippen LogP contribution >= 0.6 is 0 Å². The zero-order valence-electron chi connectivity index (χ0n) is 16.2. The lowest BCUT2D eigenvalue weighted by molar-refractivity contribution is 0.876. The number of aryl methyl sites for hydroxylation is 1. The number of rotatable bonds is 4. The second-order valence-electron chi connectivity index (χ2n) is 7.14. The van der Waals surface area contributed by atoms with Crippen LogP contribution in [0.5, 0.6) is 0 Å². The molecule has 1 atom stereocenters. The predicted molar refractivity (Wildman–Crippen MR) is 116 cm³/mol. The number of aromatic nitrogens is 5. The van der Waals surface area contributed by atoms with Crippen LogP contribution in [0.2, 0.25) is 0 Å². The van der Waals surface area contributed by atoms with Crippen LogP contribution in [0.3, 0.4) is 0 Å². The van der Waals surface area contributed by atoms with Gasteiger partial charge in [-0.1, -0.05) is 6.07 Å². The number of nitrogens with one attached hydrogen (secondary N) is 1. The summed E-state index contributed by atoms with van der Waals surface area (Å²) in [5.41, 5.74) is 6.55. The number of hydrogen-bond donors (Lipinski definition) is 1. The molecular weight excluding hydrogens is 360 g/mol. The first kappa shape index (κ1) is 17.3. The SMILES string of the molecule is CC(Nc1cc(-c2ccc3ccn(C)c3n2)c2nccnc2c1)c1cccnc1. The number of nitrogens with zero attached hydrogens (tertiary/aromatic N) is 5. The molecule has 0 saturated heterocycles. The second-order valence-corrected chi connectivity index (χ2v) is 7.14. The van der Waals surface area contributed by atoms with Crippen LogP contribution in [0.1, 0.15) is 18.5 Å². The van der Waals surface area contributed by atoms with Crippen molar-refractivity contribution >= 4 is 27.8 Å². The van der Waals surface area contributed by atoms with Gasteiger partial charge in [0.25, 0.3) is 0 Å². The van der Waals surface area contributed by atoms with Crippen molar-refractivity contribution in [1.29, 1.82) is 0 Å². The summed E-state index contributed by atoms with van der Waals surface area (Å²) in [6, 6.07) is 14.5. The third kappa shape index (κ3) is 3.18. The fraction of sp³-hybridized carbons (Fsp3) is 0.130. The molecule has 5 rings (SSSR count). The van der Waals surface area contributed by atoms with E-state index < -0.39 is 0 Å². The molecule has 0 aliphatic carbocycles. The maximum absolute atomic E-state index is 4.89. The van der Waals surface area contributed by atoms with E-state index in [-0.39, 0.29) is 6.04 Å². The van der Waals surface area contributed by atoms with E-state index in [0.29, 0.717) is 0 Å². The summed E-state index contributed by atoms with van der Waals surface area (Å²) >= 11 is 0.